The minimum Gasteiger partial charge on any atom is -2.00 e. The summed E-state index contributed by atoms with van der Waals surface area (Å²) in [4.78, 5) is 0. The Balaban J connectivity index is -0.000000000139. The van der Waals surface area contributed by atoms with Crippen LogP contribution in [0.2, 0.25) is 0 Å². The normalized spacial score (nSPS) is 0.545. The Kier molecular flexibility index (Phi) is 4750. The van der Waals surface area contributed by atoms with E-state index >= 15 is 0 Å². The van der Waals surface area contributed by atoms with Crippen LogP contribution in [0.4, 0.5) is 0 Å². The van der Waals surface area contributed by atoms with E-state index < -0.39 is 0 Å². The second-order valence-electron chi connectivity index (χ2n) is 0. The third-order valence-electron chi connectivity index (χ3n) is 0. The third kappa shape index (κ3) is 240. The quantitative estimate of drug-likeness (QED) is 0.467. The molecule has 0 saturated heterocycles. The van der Waals surface area contributed by atoms with Crippen LogP contribution in [0.3, 0.4) is 0 Å². The van der Waals surface area contributed by atoms with E-state index in [2.05, 4.69) is 0 Å². The van der Waals surface area contributed by atoms with Crippen molar-refractivity contribution in [1.82, 2.24) is 0 Å². The molecule has 0 rings (SSSR count). The van der Waals surface area contributed by atoms with Gasteiger partial charge in [0.05, 0.1) is 0 Å². The predicted octanol–water partition coefficient (Wildman–Crippen LogP) is -1.86. The first-order valence-corrected chi connectivity index (χ1v) is 0.612. The summed E-state index contributed by atoms with van der Waals surface area (Å²) in [6, 6.07) is 0. The van der Waals surface area contributed by atoms with Crippen molar-refractivity contribution in [3.05, 3.63) is 0 Å². The fourth-order valence-corrected chi connectivity index (χ4v) is 0. The molecule has 0 bridgehead atoms. The Morgan fingerprint density at radius 3 is 0.727 bits per heavy atom. The number of hydrogen-bond donors (Lipinski definition) is 0. The molecule has 0 fully saturated rings. The van der Waals surface area contributed by atoms with Gasteiger partial charge in [-0.15, -0.1) is 0 Å². The number of hydrogen-bond acceptors (Lipinski definition) is 1. The molecule has 0 aliphatic carbocycles. The average molecular weight is 279 g/mol. The maximum absolute atomic E-state index is 8.06. The fourth-order valence-electron chi connectivity index (χ4n) is 0. The summed E-state index contributed by atoms with van der Waals surface area (Å²) in [6.45, 7) is 0. The molecule has 0 unspecified atom stereocenters. The van der Waals surface area contributed by atoms with E-state index in [-0.39, 0.29) is 107 Å². The minimum atomic E-state index is 0. The largest absolute Gasteiger partial charge is 4.00 e. The second kappa shape index (κ2) is 288. The van der Waals surface area contributed by atoms with Gasteiger partial charge in [-0.3, -0.25) is 0 Å². The molecule has 0 heterocycles. The van der Waals surface area contributed by atoms with Gasteiger partial charge in [-0.25, -0.2) is 0 Å². The molecule has 0 aromatic rings. The summed E-state index contributed by atoms with van der Waals surface area (Å²) < 4.78 is 8.06. The van der Waals surface area contributed by atoms with Gasteiger partial charge in [0.25, 0.3) is 0 Å². The van der Waals surface area contributed by atoms with Crippen molar-refractivity contribution in [3.8, 4) is 0 Å². The first-order chi connectivity index (χ1) is 1.00. The van der Waals surface area contributed by atoms with Crippen LogP contribution < -0.4 is 0 Å². The Morgan fingerprint density at radius 1 is 0.727 bits per heavy atom. The molecular formula is AlFeMgO6SiTi+3. The van der Waals surface area contributed by atoms with Gasteiger partial charge in [-0.05, 0) is 0 Å². The van der Waals surface area contributed by atoms with Crippen LogP contribution in [0.25, 0.3) is 0 Å². The summed E-state index contributed by atoms with van der Waals surface area (Å²) in [6.07, 6.45) is 0. The van der Waals surface area contributed by atoms with E-state index in [0.717, 1.165) is 0 Å². The van der Waals surface area contributed by atoms with Crippen LogP contribution in [0, 0.1) is 0 Å². The summed E-state index contributed by atoms with van der Waals surface area (Å²) >= 11 is 0. The molecule has 0 atom stereocenters. The van der Waals surface area contributed by atoms with Crippen molar-refractivity contribution >= 4 is 50.5 Å². The SMILES string of the molecule is O=[Si+2].[Al+3].[Fe+2].[Mg+2].[O-2].[O-2].[O-2].[O-2].[O-2].[Ti+4]. The number of rotatable bonds is 0. The summed E-state index contributed by atoms with van der Waals surface area (Å²) in [5, 5.41) is 0. The van der Waals surface area contributed by atoms with E-state index in [0.29, 0.717) is 0 Å². The van der Waals surface area contributed by atoms with Gasteiger partial charge in [-0.2, -0.15) is 0 Å². The predicted molar refractivity (Wildman–Crippen MR) is 21.4 cm³/mol. The van der Waals surface area contributed by atoms with Crippen LogP contribution in [0.1, 0.15) is 0 Å². The molecule has 11 heteroatoms. The molecule has 0 N–H and O–H groups in total. The van der Waals surface area contributed by atoms with Crippen LogP contribution in [-0.2, 0) is 70.6 Å². The molecule has 0 aromatic carbocycles. The van der Waals surface area contributed by atoms with E-state index in [1.807, 2.05) is 0 Å². The standard InChI is InChI=1S/Al.Fe.Mg.OSi.5O.Ti/c;;;1-2;;;;;;/q+3;3*+2;5*-2;+4. The van der Waals surface area contributed by atoms with E-state index in [9.17, 15) is 0 Å². The van der Waals surface area contributed by atoms with Crippen LogP contribution in [0.5, 0.6) is 0 Å². The summed E-state index contributed by atoms with van der Waals surface area (Å²) in [5.74, 6) is 0. The maximum Gasteiger partial charge on any atom is 4.00 e. The van der Waals surface area contributed by atoms with Gasteiger partial charge in [0.15, 0.2) is 0 Å². The molecule has 0 spiro atoms. The molecule has 11 heavy (non-hydrogen) atoms. The topological polar surface area (TPSA) is 160 Å². The summed E-state index contributed by atoms with van der Waals surface area (Å²) in [5.41, 5.74) is 0. The minimum absolute atomic E-state index is 0. The molecule has 54 valence electrons. The first kappa shape index (κ1) is 181. The van der Waals surface area contributed by atoms with Crippen molar-refractivity contribution in [2.24, 2.45) is 0 Å². The molecule has 0 radical (unpaired) electrons. The van der Waals surface area contributed by atoms with Crippen molar-refractivity contribution in [1.29, 1.82) is 0 Å². The fraction of sp³-hybridized carbons (Fsp3) is 0. The molecule has 0 saturated carbocycles. The zero-order valence-corrected chi connectivity index (χ0v) is 11.3. The maximum atomic E-state index is 8.06. The Labute approximate surface area is 120 Å². The Morgan fingerprint density at radius 2 is 0.727 bits per heavy atom. The summed E-state index contributed by atoms with van der Waals surface area (Å²) in [7, 11) is 1.72. The molecule has 6 nitrogen and oxygen atoms in total. The van der Waals surface area contributed by atoms with E-state index in [4.69, 9.17) is 4.46 Å². The van der Waals surface area contributed by atoms with Crippen LogP contribution in [-0.4, -0.2) is 50.5 Å². The van der Waals surface area contributed by atoms with Crippen molar-refractivity contribution in [2.75, 3.05) is 0 Å². The Bertz CT molecular complexity index is 22.5. The van der Waals surface area contributed by atoms with Crippen LogP contribution in [0.15, 0.2) is 0 Å². The Hall–Kier alpha value is 2.35. The monoisotopic (exact) mass is 279 g/mol. The zero-order valence-electron chi connectivity index (χ0n) is 5.09. The van der Waals surface area contributed by atoms with Gasteiger partial charge in [-0.1, -0.05) is 0 Å². The van der Waals surface area contributed by atoms with Crippen LogP contribution >= 0.6 is 0 Å². The second-order valence-corrected chi connectivity index (χ2v) is 0. The van der Waals surface area contributed by atoms with Gasteiger partial charge in [0.1, 0.15) is 0 Å². The molecule has 0 amide bonds. The van der Waals surface area contributed by atoms with Gasteiger partial charge in [0.2, 0.25) is 0 Å². The zero-order chi connectivity index (χ0) is 2.00. The van der Waals surface area contributed by atoms with Crippen molar-refractivity contribution < 1.29 is 70.6 Å². The van der Waals surface area contributed by atoms with Gasteiger partial charge in [0, 0.05) is 0 Å². The molecular weight excluding hydrogens is 279 g/mol. The molecule has 0 aromatic heterocycles. The average Bonchev–Trinajstić information content (AvgIpc) is 1.00. The molecule has 0 aliphatic heterocycles. The van der Waals surface area contributed by atoms with Crippen molar-refractivity contribution in [3.63, 3.8) is 0 Å². The third-order valence-corrected chi connectivity index (χ3v) is 0. The van der Waals surface area contributed by atoms with Gasteiger partial charge >= 0.3 is 93.8 Å². The van der Waals surface area contributed by atoms with E-state index in [1.54, 1.807) is 10.1 Å². The van der Waals surface area contributed by atoms with Crippen molar-refractivity contribution in [2.45, 2.75) is 0 Å². The molecule has 0 aliphatic rings. The smallest absolute Gasteiger partial charge is 2.00 e. The van der Waals surface area contributed by atoms with E-state index in [1.165, 1.54) is 0 Å². The van der Waals surface area contributed by atoms with Gasteiger partial charge < -0.3 is 27.4 Å². The first-order valence-electron chi connectivity index (χ1n) is 0.204.